The number of rotatable bonds is 4. The highest BCUT2D eigenvalue weighted by Crippen LogP contribution is 2.30. The van der Waals surface area contributed by atoms with Crippen LogP contribution in [0.1, 0.15) is 31.7 Å². The second-order valence-electron chi connectivity index (χ2n) is 4.11. The molecule has 0 aliphatic heterocycles. The minimum Gasteiger partial charge on any atom is -0.481 e. The molecular weight excluding hydrogens is 214 g/mol. The van der Waals surface area contributed by atoms with Gasteiger partial charge in [0.2, 0.25) is 0 Å². The number of halogens is 2. The van der Waals surface area contributed by atoms with E-state index in [0.717, 1.165) is 18.2 Å². The van der Waals surface area contributed by atoms with Crippen molar-refractivity contribution in [3.8, 4) is 0 Å². The Balaban J connectivity index is 3.09. The predicted molar refractivity (Wildman–Crippen MR) is 56.2 cm³/mol. The summed E-state index contributed by atoms with van der Waals surface area (Å²) in [6.07, 6.45) is -0.196. The van der Waals surface area contributed by atoms with Gasteiger partial charge in [0, 0.05) is 0 Å². The molecule has 0 heterocycles. The molecule has 1 N–H and O–H groups in total. The SMILES string of the molecule is CC(C)C(CC(=O)O)c1cc(F)ccc1F. The number of carboxylic acid groups (broad SMARTS) is 1. The average Bonchev–Trinajstić information content (AvgIpc) is 2.18. The van der Waals surface area contributed by atoms with Gasteiger partial charge >= 0.3 is 5.97 Å². The first-order chi connectivity index (χ1) is 7.41. The first kappa shape index (κ1) is 12.6. The number of benzene rings is 1. The maximum atomic E-state index is 13.5. The molecule has 0 fully saturated rings. The molecule has 2 nitrogen and oxygen atoms in total. The summed E-state index contributed by atoms with van der Waals surface area (Å²) in [5, 5.41) is 8.74. The summed E-state index contributed by atoms with van der Waals surface area (Å²) in [5.74, 6) is -2.68. The van der Waals surface area contributed by atoms with Crippen LogP contribution in [0.4, 0.5) is 8.78 Å². The number of carbonyl (C=O) groups is 1. The maximum absolute atomic E-state index is 13.5. The zero-order chi connectivity index (χ0) is 12.3. The Labute approximate surface area is 92.9 Å². The van der Waals surface area contributed by atoms with Crippen LogP contribution in [0, 0.1) is 17.6 Å². The normalized spacial score (nSPS) is 12.8. The van der Waals surface area contributed by atoms with Crippen molar-refractivity contribution in [1.82, 2.24) is 0 Å². The van der Waals surface area contributed by atoms with E-state index in [4.69, 9.17) is 5.11 Å². The van der Waals surface area contributed by atoms with Gasteiger partial charge in [-0.15, -0.1) is 0 Å². The molecule has 0 saturated heterocycles. The molecule has 0 bridgehead atoms. The van der Waals surface area contributed by atoms with Gasteiger partial charge in [0.15, 0.2) is 0 Å². The number of hydrogen-bond acceptors (Lipinski definition) is 1. The smallest absolute Gasteiger partial charge is 0.303 e. The largest absolute Gasteiger partial charge is 0.481 e. The van der Waals surface area contributed by atoms with Crippen LogP contribution in [-0.4, -0.2) is 11.1 Å². The molecule has 16 heavy (non-hydrogen) atoms. The quantitative estimate of drug-likeness (QED) is 0.859. The van der Waals surface area contributed by atoms with Crippen molar-refractivity contribution in [2.24, 2.45) is 5.92 Å². The Kier molecular flexibility index (Phi) is 3.99. The third-order valence-corrected chi connectivity index (χ3v) is 2.56. The molecule has 88 valence electrons. The van der Waals surface area contributed by atoms with Crippen LogP contribution < -0.4 is 0 Å². The van der Waals surface area contributed by atoms with Crippen LogP contribution in [0.2, 0.25) is 0 Å². The van der Waals surface area contributed by atoms with Gasteiger partial charge in [0.1, 0.15) is 11.6 Å². The lowest BCUT2D eigenvalue weighted by molar-refractivity contribution is -0.137. The highest BCUT2D eigenvalue weighted by atomic mass is 19.1. The fourth-order valence-corrected chi connectivity index (χ4v) is 1.69. The van der Waals surface area contributed by atoms with Gasteiger partial charge in [-0.2, -0.15) is 0 Å². The molecule has 0 aliphatic rings. The first-order valence-electron chi connectivity index (χ1n) is 5.08. The summed E-state index contributed by atoms with van der Waals surface area (Å²) in [7, 11) is 0. The van der Waals surface area contributed by atoms with Crippen LogP contribution in [-0.2, 0) is 4.79 Å². The topological polar surface area (TPSA) is 37.3 Å². The van der Waals surface area contributed by atoms with E-state index in [0.29, 0.717) is 0 Å². The van der Waals surface area contributed by atoms with Crippen molar-refractivity contribution >= 4 is 5.97 Å². The summed E-state index contributed by atoms with van der Waals surface area (Å²) in [5.41, 5.74) is 0.136. The Bertz CT molecular complexity index is 389. The second-order valence-corrected chi connectivity index (χ2v) is 4.11. The second kappa shape index (κ2) is 5.05. The molecular formula is C12H14F2O2. The molecule has 1 atom stereocenters. The number of carboxylic acids is 1. The van der Waals surface area contributed by atoms with Gasteiger partial charge in [-0.25, -0.2) is 8.78 Å². The highest BCUT2D eigenvalue weighted by Gasteiger charge is 2.22. The van der Waals surface area contributed by atoms with E-state index in [1.807, 2.05) is 0 Å². The summed E-state index contributed by atoms with van der Waals surface area (Å²) in [4.78, 5) is 10.7. The molecule has 0 aliphatic carbocycles. The fourth-order valence-electron chi connectivity index (χ4n) is 1.69. The van der Waals surface area contributed by atoms with Crippen LogP contribution in [0.5, 0.6) is 0 Å². The first-order valence-corrected chi connectivity index (χ1v) is 5.08. The van der Waals surface area contributed by atoms with E-state index in [-0.39, 0.29) is 17.9 Å². The highest BCUT2D eigenvalue weighted by molar-refractivity contribution is 5.68. The molecule has 1 rings (SSSR count). The van der Waals surface area contributed by atoms with Crippen molar-refractivity contribution in [3.63, 3.8) is 0 Å². The predicted octanol–water partition coefficient (Wildman–Crippen LogP) is 3.18. The van der Waals surface area contributed by atoms with Crippen LogP contribution in [0.25, 0.3) is 0 Å². The molecule has 0 spiro atoms. The summed E-state index contributed by atoms with van der Waals surface area (Å²) < 4.78 is 26.5. The molecule has 0 saturated carbocycles. The maximum Gasteiger partial charge on any atom is 0.303 e. The minimum atomic E-state index is -1.01. The summed E-state index contributed by atoms with van der Waals surface area (Å²) >= 11 is 0. The lowest BCUT2D eigenvalue weighted by atomic mass is 9.85. The molecule has 0 aromatic heterocycles. The van der Waals surface area contributed by atoms with E-state index in [1.165, 1.54) is 0 Å². The average molecular weight is 228 g/mol. The number of aliphatic carboxylic acids is 1. The Morgan fingerprint density at radius 2 is 2.00 bits per heavy atom. The van der Waals surface area contributed by atoms with E-state index in [1.54, 1.807) is 13.8 Å². The Hall–Kier alpha value is -1.45. The fraction of sp³-hybridized carbons (Fsp3) is 0.417. The van der Waals surface area contributed by atoms with Crippen molar-refractivity contribution in [2.45, 2.75) is 26.2 Å². The van der Waals surface area contributed by atoms with Gasteiger partial charge in [-0.1, -0.05) is 13.8 Å². The van der Waals surface area contributed by atoms with Crippen molar-refractivity contribution < 1.29 is 18.7 Å². The molecule has 1 aromatic carbocycles. The summed E-state index contributed by atoms with van der Waals surface area (Å²) in [6, 6.07) is 3.13. The Morgan fingerprint density at radius 1 is 1.38 bits per heavy atom. The zero-order valence-corrected chi connectivity index (χ0v) is 9.21. The number of hydrogen-bond donors (Lipinski definition) is 1. The van der Waals surface area contributed by atoms with Crippen molar-refractivity contribution in [2.75, 3.05) is 0 Å². The summed E-state index contributed by atoms with van der Waals surface area (Å²) in [6.45, 7) is 3.58. The Morgan fingerprint density at radius 3 is 2.50 bits per heavy atom. The van der Waals surface area contributed by atoms with E-state index in [2.05, 4.69) is 0 Å². The third kappa shape index (κ3) is 3.02. The van der Waals surface area contributed by atoms with Gasteiger partial charge in [0.05, 0.1) is 6.42 Å². The molecule has 1 aromatic rings. The van der Waals surface area contributed by atoms with Crippen LogP contribution in [0.3, 0.4) is 0 Å². The van der Waals surface area contributed by atoms with Gasteiger partial charge in [-0.05, 0) is 35.6 Å². The standard InChI is InChI=1S/C12H14F2O2/c1-7(2)9(6-12(15)16)10-5-8(13)3-4-11(10)14/h3-5,7,9H,6H2,1-2H3,(H,15,16). The van der Waals surface area contributed by atoms with E-state index >= 15 is 0 Å². The third-order valence-electron chi connectivity index (χ3n) is 2.56. The lowest BCUT2D eigenvalue weighted by Crippen LogP contribution is -2.14. The molecule has 4 heteroatoms. The van der Waals surface area contributed by atoms with E-state index < -0.39 is 23.5 Å². The van der Waals surface area contributed by atoms with Crippen LogP contribution in [0.15, 0.2) is 18.2 Å². The van der Waals surface area contributed by atoms with Crippen molar-refractivity contribution in [1.29, 1.82) is 0 Å². The molecule has 0 radical (unpaired) electrons. The monoisotopic (exact) mass is 228 g/mol. The van der Waals surface area contributed by atoms with Gasteiger partial charge in [-0.3, -0.25) is 4.79 Å². The van der Waals surface area contributed by atoms with Gasteiger partial charge in [0.25, 0.3) is 0 Å². The van der Waals surface area contributed by atoms with Crippen molar-refractivity contribution in [3.05, 3.63) is 35.4 Å². The van der Waals surface area contributed by atoms with Crippen LogP contribution >= 0.6 is 0 Å². The lowest BCUT2D eigenvalue weighted by Gasteiger charge is -2.19. The van der Waals surface area contributed by atoms with Gasteiger partial charge < -0.3 is 5.11 Å². The van der Waals surface area contributed by atoms with E-state index in [9.17, 15) is 13.6 Å². The molecule has 0 amide bonds. The minimum absolute atomic E-state index is 0.0626. The zero-order valence-electron chi connectivity index (χ0n) is 9.21. The molecule has 1 unspecified atom stereocenters.